The van der Waals surface area contributed by atoms with Crippen LogP contribution in [0.1, 0.15) is 16.1 Å². The molecule has 0 unspecified atom stereocenters. The first-order valence-corrected chi connectivity index (χ1v) is 4.14. The molecule has 0 aliphatic rings. The molecule has 1 heterocycles. The summed E-state index contributed by atoms with van der Waals surface area (Å²) in [7, 11) is 1.23. The predicted molar refractivity (Wildman–Crippen MR) is 47.6 cm³/mol. The Hall–Kier alpha value is -1.79. The number of aldehydes is 1. The minimum absolute atomic E-state index is 0.00752. The molecule has 16 heavy (non-hydrogen) atoms. The summed E-state index contributed by atoms with van der Waals surface area (Å²) >= 11 is 0. The molecular weight excluding hydrogens is 227 g/mol. The molecule has 0 saturated heterocycles. The third kappa shape index (κ3) is 2.85. The van der Waals surface area contributed by atoms with Crippen molar-refractivity contribution >= 4 is 6.29 Å². The van der Waals surface area contributed by atoms with Crippen LogP contribution in [0, 0.1) is 6.92 Å². The Morgan fingerprint density at radius 1 is 1.44 bits per heavy atom. The summed E-state index contributed by atoms with van der Waals surface area (Å²) < 4.78 is 44.5. The SMILES string of the molecule is COc1cc(OC(F)(F)F)c(C)c(C=O)n1. The van der Waals surface area contributed by atoms with Crippen molar-refractivity contribution in [3.05, 3.63) is 17.3 Å². The zero-order valence-corrected chi connectivity index (χ0v) is 8.46. The van der Waals surface area contributed by atoms with Gasteiger partial charge in [-0.2, -0.15) is 0 Å². The van der Waals surface area contributed by atoms with E-state index in [0.29, 0.717) is 6.29 Å². The van der Waals surface area contributed by atoms with Crippen molar-refractivity contribution in [1.82, 2.24) is 4.98 Å². The third-order valence-corrected chi connectivity index (χ3v) is 1.79. The molecule has 0 radical (unpaired) electrons. The first-order chi connectivity index (χ1) is 7.37. The maximum absolute atomic E-state index is 12.0. The van der Waals surface area contributed by atoms with Crippen molar-refractivity contribution < 1.29 is 27.4 Å². The van der Waals surface area contributed by atoms with Crippen molar-refractivity contribution in [2.75, 3.05) is 7.11 Å². The van der Waals surface area contributed by atoms with E-state index in [2.05, 4.69) is 14.5 Å². The maximum Gasteiger partial charge on any atom is 0.573 e. The number of methoxy groups -OCH3 is 1. The van der Waals surface area contributed by atoms with Crippen LogP contribution in [0.4, 0.5) is 13.2 Å². The van der Waals surface area contributed by atoms with E-state index in [0.717, 1.165) is 6.07 Å². The fraction of sp³-hybridized carbons (Fsp3) is 0.333. The molecule has 0 aromatic carbocycles. The minimum Gasteiger partial charge on any atom is -0.481 e. The van der Waals surface area contributed by atoms with Gasteiger partial charge in [0.05, 0.1) is 7.11 Å². The summed E-state index contributed by atoms with van der Waals surface area (Å²) in [5.41, 5.74) is -0.147. The summed E-state index contributed by atoms with van der Waals surface area (Å²) in [6.45, 7) is 1.30. The van der Waals surface area contributed by atoms with E-state index in [1.807, 2.05) is 0 Å². The molecule has 0 aliphatic carbocycles. The molecule has 1 rings (SSSR count). The van der Waals surface area contributed by atoms with Gasteiger partial charge in [0.1, 0.15) is 11.4 Å². The Balaban J connectivity index is 3.21. The number of rotatable bonds is 3. The predicted octanol–water partition coefficient (Wildman–Crippen LogP) is 2.11. The molecule has 1 aromatic heterocycles. The normalized spacial score (nSPS) is 11.1. The zero-order valence-electron chi connectivity index (χ0n) is 8.46. The molecule has 0 amide bonds. The molecule has 0 aliphatic heterocycles. The highest BCUT2D eigenvalue weighted by Crippen LogP contribution is 2.29. The second-order valence-corrected chi connectivity index (χ2v) is 2.84. The average molecular weight is 235 g/mol. The lowest BCUT2D eigenvalue weighted by Crippen LogP contribution is -2.18. The lowest BCUT2D eigenvalue weighted by atomic mass is 10.2. The standard InChI is InChI=1S/C9H8F3NO3/c1-5-6(4-14)13-8(15-2)3-7(5)16-9(10,11)12/h3-4H,1-2H3. The largest absolute Gasteiger partial charge is 0.573 e. The van der Waals surface area contributed by atoms with Crippen LogP contribution < -0.4 is 9.47 Å². The number of halogens is 3. The molecule has 7 heteroatoms. The van der Waals surface area contributed by atoms with Gasteiger partial charge >= 0.3 is 6.36 Å². The zero-order chi connectivity index (χ0) is 12.3. The summed E-state index contributed by atoms with van der Waals surface area (Å²) in [6, 6.07) is 0.968. The molecule has 1 aromatic rings. The van der Waals surface area contributed by atoms with E-state index in [9.17, 15) is 18.0 Å². The Labute approximate surface area is 89.0 Å². The van der Waals surface area contributed by atoms with Crippen LogP contribution in [-0.2, 0) is 0 Å². The lowest BCUT2D eigenvalue weighted by Gasteiger charge is -2.13. The monoisotopic (exact) mass is 235 g/mol. The molecule has 0 N–H and O–H groups in total. The van der Waals surface area contributed by atoms with Crippen molar-refractivity contribution in [1.29, 1.82) is 0 Å². The van der Waals surface area contributed by atoms with E-state index >= 15 is 0 Å². The first kappa shape index (κ1) is 12.3. The third-order valence-electron chi connectivity index (χ3n) is 1.79. The van der Waals surface area contributed by atoms with Crippen LogP contribution in [0.25, 0.3) is 0 Å². The van der Waals surface area contributed by atoms with Crippen molar-refractivity contribution in [3.8, 4) is 11.6 Å². The molecule has 0 spiro atoms. The number of carbonyl (C=O) groups is 1. The van der Waals surface area contributed by atoms with Gasteiger partial charge in [-0.1, -0.05) is 0 Å². The number of alkyl halides is 3. The van der Waals surface area contributed by atoms with Gasteiger partial charge in [0, 0.05) is 11.6 Å². The summed E-state index contributed by atoms with van der Waals surface area (Å²) in [5.74, 6) is -0.617. The van der Waals surface area contributed by atoms with E-state index in [1.54, 1.807) is 0 Å². The van der Waals surface area contributed by atoms with Crippen LogP contribution in [0.5, 0.6) is 11.6 Å². The number of nitrogens with zero attached hydrogens (tertiary/aromatic N) is 1. The summed E-state index contributed by atoms with van der Waals surface area (Å²) in [5, 5.41) is 0. The van der Waals surface area contributed by atoms with E-state index in [4.69, 9.17) is 0 Å². The lowest BCUT2D eigenvalue weighted by molar-refractivity contribution is -0.274. The van der Waals surface area contributed by atoms with Gasteiger partial charge in [0.15, 0.2) is 6.29 Å². The number of ether oxygens (including phenoxy) is 2. The first-order valence-electron chi connectivity index (χ1n) is 4.14. The van der Waals surface area contributed by atoms with Gasteiger partial charge in [-0.05, 0) is 6.92 Å². The van der Waals surface area contributed by atoms with Gasteiger partial charge in [-0.15, -0.1) is 13.2 Å². The molecule has 4 nitrogen and oxygen atoms in total. The molecule has 0 bridgehead atoms. The highest BCUT2D eigenvalue weighted by Gasteiger charge is 2.32. The van der Waals surface area contributed by atoms with Crippen molar-refractivity contribution in [2.45, 2.75) is 13.3 Å². The molecule has 0 saturated carbocycles. The highest BCUT2D eigenvalue weighted by atomic mass is 19.4. The molecular formula is C9H8F3NO3. The van der Waals surface area contributed by atoms with E-state index < -0.39 is 12.1 Å². The average Bonchev–Trinajstić information content (AvgIpc) is 2.19. The van der Waals surface area contributed by atoms with Gasteiger partial charge in [0.2, 0.25) is 5.88 Å². The smallest absolute Gasteiger partial charge is 0.481 e. The van der Waals surface area contributed by atoms with Crippen molar-refractivity contribution in [3.63, 3.8) is 0 Å². The second-order valence-electron chi connectivity index (χ2n) is 2.84. The van der Waals surface area contributed by atoms with Crippen LogP contribution in [-0.4, -0.2) is 24.7 Å². The Bertz CT molecular complexity index is 404. The number of pyridine rings is 1. The van der Waals surface area contributed by atoms with Gasteiger partial charge < -0.3 is 9.47 Å². The Morgan fingerprint density at radius 3 is 2.50 bits per heavy atom. The maximum atomic E-state index is 12.0. The topological polar surface area (TPSA) is 48.4 Å². The van der Waals surface area contributed by atoms with Gasteiger partial charge in [0.25, 0.3) is 0 Å². The van der Waals surface area contributed by atoms with E-state index in [-0.39, 0.29) is 17.1 Å². The fourth-order valence-corrected chi connectivity index (χ4v) is 1.03. The van der Waals surface area contributed by atoms with Crippen LogP contribution in [0.2, 0.25) is 0 Å². The highest BCUT2D eigenvalue weighted by molar-refractivity contribution is 5.76. The molecule has 0 fully saturated rings. The van der Waals surface area contributed by atoms with Gasteiger partial charge in [-0.3, -0.25) is 4.79 Å². The number of aromatic nitrogens is 1. The van der Waals surface area contributed by atoms with Crippen LogP contribution in [0.15, 0.2) is 6.07 Å². The van der Waals surface area contributed by atoms with Crippen LogP contribution >= 0.6 is 0 Å². The summed E-state index contributed by atoms with van der Waals surface area (Å²) in [6.07, 6.45) is -4.49. The fourth-order valence-electron chi connectivity index (χ4n) is 1.03. The Kier molecular flexibility index (Phi) is 3.36. The number of hydrogen-bond donors (Lipinski definition) is 0. The van der Waals surface area contributed by atoms with E-state index in [1.165, 1.54) is 14.0 Å². The van der Waals surface area contributed by atoms with Gasteiger partial charge in [-0.25, -0.2) is 4.98 Å². The quantitative estimate of drug-likeness (QED) is 0.753. The minimum atomic E-state index is -4.82. The van der Waals surface area contributed by atoms with Crippen LogP contribution in [0.3, 0.4) is 0 Å². The number of carbonyl (C=O) groups excluding carboxylic acids is 1. The van der Waals surface area contributed by atoms with Crippen molar-refractivity contribution in [2.24, 2.45) is 0 Å². The molecule has 0 atom stereocenters. The molecule has 88 valence electrons. The summed E-state index contributed by atoms with van der Waals surface area (Å²) in [4.78, 5) is 14.2. The Morgan fingerprint density at radius 2 is 2.06 bits per heavy atom. The number of hydrogen-bond acceptors (Lipinski definition) is 4. The second kappa shape index (κ2) is 4.38.